The maximum absolute atomic E-state index is 12.8. The molecule has 12 heteroatoms. The highest BCUT2D eigenvalue weighted by molar-refractivity contribution is 7.91. The molecule has 0 aliphatic carbocycles. The number of rotatable bonds is 3. The highest BCUT2D eigenvalue weighted by atomic mass is 35.5. The summed E-state index contributed by atoms with van der Waals surface area (Å²) in [4.78, 5) is 10.6. The second kappa shape index (κ2) is 5.95. The third-order valence-electron chi connectivity index (χ3n) is 3.71. The van der Waals surface area contributed by atoms with Gasteiger partial charge in [-0.3, -0.25) is 0 Å². The van der Waals surface area contributed by atoms with Crippen LogP contribution in [0.5, 0.6) is 0 Å². The molecule has 0 spiro atoms. The van der Waals surface area contributed by atoms with E-state index < -0.39 is 27.4 Å². The highest BCUT2D eigenvalue weighted by Crippen LogP contribution is 2.38. The summed E-state index contributed by atoms with van der Waals surface area (Å²) in [6.45, 7) is 2.91. The van der Waals surface area contributed by atoms with Crippen LogP contribution in [-0.4, -0.2) is 37.0 Å². The number of alkyl halides is 3. The second-order valence-electron chi connectivity index (χ2n) is 5.63. The van der Waals surface area contributed by atoms with Gasteiger partial charge in [-0.1, -0.05) is 18.5 Å². The molecule has 1 aromatic heterocycles. The zero-order chi connectivity index (χ0) is 19.3. The van der Waals surface area contributed by atoms with Gasteiger partial charge in [-0.25, -0.2) is 23.4 Å². The van der Waals surface area contributed by atoms with E-state index in [2.05, 4.69) is 25.2 Å². The molecule has 26 heavy (non-hydrogen) atoms. The number of azo groups is 1. The average molecular weight is 406 g/mol. The number of fused-ring (bicyclic) bond motifs is 1. The first-order valence-corrected chi connectivity index (χ1v) is 9.30. The Morgan fingerprint density at radius 3 is 2.54 bits per heavy atom. The molecule has 2 aliphatic heterocycles. The van der Waals surface area contributed by atoms with Gasteiger partial charge in [-0.2, -0.15) is 18.3 Å². The van der Waals surface area contributed by atoms with Crippen LogP contribution in [0.15, 0.2) is 49.0 Å². The largest absolute Gasteiger partial charge is 0.451 e. The van der Waals surface area contributed by atoms with Crippen molar-refractivity contribution < 1.29 is 21.6 Å². The standard InChI is InChI=1S/C14H11ClF3N5O2S/c1-3-26(24,25)8-4-5-9(15)20-10(8)13(2)6-7-11(22-23-13)21-12(19-7)14(16,17)18/h4-6H,3H2,1-2H3. The van der Waals surface area contributed by atoms with Crippen LogP contribution >= 0.6 is 11.6 Å². The van der Waals surface area contributed by atoms with Crippen LogP contribution in [-0.2, 0) is 15.4 Å². The molecule has 1 unspecified atom stereocenters. The Morgan fingerprint density at radius 1 is 1.23 bits per heavy atom. The second-order valence-corrected chi connectivity index (χ2v) is 8.26. The molecule has 1 aromatic rings. The van der Waals surface area contributed by atoms with E-state index in [4.69, 9.17) is 11.6 Å². The third kappa shape index (κ3) is 3.16. The van der Waals surface area contributed by atoms with Crippen LogP contribution in [0.1, 0.15) is 19.5 Å². The molecule has 1 atom stereocenters. The Hall–Kier alpha value is -2.14. The summed E-state index contributed by atoms with van der Waals surface area (Å²) >= 11 is 5.89. The van der Waals surface area contributed by atoms with E-state index in [0.717, 1.165) is 0 Å². The maximum Gasteiger partial charge on any atom is 0.451 e. The van der Waals surface area contributed by atoms with Crippen LogP contribution in [0.25, 0.3) is 0 Å². The van der Waals surface area contributed by atoms with Crippen molar-refractivity contribution in [2.24, 2.45) is 20.2 Å². The molecular formula is C14H11ClF3N5O2S. The summed E-state index contributed by atoms with van der Waals surface area (Å²) in [5, 5.41) is 7.62. The van der Waals surface area contributed by atoms with Crippen molar-refractivity contribution in [1.82, 2.24) is 4.98 Å². The minimum Gasteiger partial charge on any atom is -0.237 e. The Labute approximate surface area is 151 Å². The average Bonchev–Trinajstić information content (AvgIpc) is 2.97. The number of amidine groups is 2. The number of halogens is 4. The normalized spacial score (nSPS) is 22.6. The van der Waals surface area contributed by atoms with Gasteiger partial charge >= 0.3 is 6.18 Å². The SMILES string of the molecule is CCS(=O)(=O)c1ccc(Cl)nc1C1(C)C=C2N=C(C(F)(F)F)N=C2N=N1. The Morgan fingerprint density at radius 2 is 1.92 bits per heavy atom. The highest BCUT2D eigenvalue weighted by Gasteiger charge is 2.43. The van der Waals surface area contributed by atoms with E-state index in [0.29, 0.717) is 0 Å². The predicted octanol–water partition coefficient (Wildman–Crippen LogP) is 3.47. The van der Waals surface area contributed by atoms with E-state index in [1.807, 2.05) is 0 Å². The summed E-state index contributed by atoms with van der Waals surface area (Å²) < 4.78 is 63.1. The lowest BCUT2D eigenvalue weighted by Gasteiger charge is -2.24. The minimum atomic E-state index is -4.73. The summed E-state index contributed by atoms with van der Waals surface area (Å²) in [7, 11) is -3.69. The lowest BCUT2D eigenvalue weighted by atomic mass is 9.95. The van der Waals surface area contributed by atoms with Crippen molar-refractivity contribution >= 4 is 33.1 Å². The number of aliphatic imine (C=N–C) groups is 2. The number of sulfone groups is 1. The summed E-state index contributed by atoms with van der Waals surface area (Å²) in [6, 6.07) is 2.60. The van der Waals surface area contributed by atoms with Gasteiger partial charge in [0.05, 0.1) is 16.3 Å². The van der Waals surface area contributed by atoms with Gasteiger partial charge in [0.1, 0.15) is 16.4 Å². The van der Waals surface area contributed by atoms with Crippen LogP contribution in [0.2, 0.25) is 5.15 Å². The van der Waals surface area contributed by atoms with Crippen molar-refractivity contribution in [1.29, 1.82) is 0 Å². The monoisotopic (exact) mass is 405 g/mol. The fraction of sp³-hybridized carbons (Fsp3) is 0.357. The van der Waals surface area contributed by atoms with Crippen LogP contribution in [0.4, 0.5) is 13.2 Å². The van der Waals surface area contributed by atoms with Crippen molar-refractivity contribution in [3.8, 4) is 0 Å². The fourth-order valence-corrected chi connectivity index (χ4v) is 3.68. The Kier molecular flexibility index (Phi) is 4.26. The van der Waals surface area contributed by atoms with Crippen molar-refractivity contribution in [2.75, 3.05) is 5.75 Å². The van der Waals surface area contributed by atoms with Crippen LogP contribution < -0.4 is 0 Å². The van der Waals surface area contributed by atoms with E-state index in [1.165, 1.54) is 32.1 Å². The van der Waals surface area contributed by atoms with Crippen molar-refractivity contribution in [3.63, 3.8) is 0 Å². The van der Waals surface area contributed by atoms with E-state index in [-0.39, 0.29) is 33.0 Å². The molecular weight excluding hydrogens is 395 g/mol. The molecule has 3 heterocycles. The van der Waals surface area contributed by atoms with E-state index in [9.17, 15) is 21.6 Å². The first-order valence-electron chi connectivity index (χ1n) is 7.27. The van der Waals surface area contributed by atoms with Gasteiger partial charge in [-0.05, 0) is 25.1 Å². The molecule has 0 aromatic carbocycles. The molecule has 0 radical (unpaired) electrons. The van der Waals surface area contributed by atoms with Crippen molar-refractivity contribution in [2.45, 2.75) is 30.5 Å². The lowest BCUT2D eigenvalue weighted by Crippen LogP contribution is -2.25. The van der Waals surface area contributed by atoms with Gasteiger partial charge in [0.15, 0.2) is 9.84 Å². The van der Waals surface area contributed by atoms with Gasteiger partial charge < -0.3 is 0 Å². The quantitative estimate of drug-likeness (QED) is 0.720. The summed E-state index contributed by atoms with van der Waals surface area (Å²) in [6.07, 6.45) is -3.49. The molecule has 3 rings (SSSR count). The van der Waals surface area contributed by atoms with E-state index >= 15 is 0 Å². The molecule has 0 amide bonds. The number of aromatic nitrogens is 1. The van der Waals surface area contributed by atoms with Gasteiger partial charge in [0.2, 0.25) is 11.7 Å². The molecule has 0 N–H and O–H groups in total. The predicted molar refractivity (Wildman–Crippen MR) is 88.2 cm³/mol. The topological polar surface area (TPSA) is 96.5 Å². The van der Waals surface area contributed by atoms with Crippen molar-refractivity contribution in [3.05, 3.63) is 34.8 Å². The van der Waals surface area contributed by atoms with E-state index in [1.54, 1.807) is 0 Å². The number of nitrogens with zero attached hydrogens (tertiary/aromatic N) is 5. The number of hydrogen-bond acceptors (Lipinski definition) is 7. The Bertz CT molecular complexity index is 1010. The molecule has 2 aliphatic rings. The molecule has 0 fully saturated rings. The fourth-order valence-electron chi connectivity index (χ4n) is 2.40. The van der Waals surface area contributed by atoms with Gasteiger partial charge in [-0.15, -0.1) is 5.11 Å². The maximum atomic E-state index is 12.8. The molecule has 0 saturated heterocycles. The lowest BCUT2D eigenvalue weighted by molar-refractivity contribution is -0.0594. The Balaban J connectivity index is 2.17. The zero-order valence-electron chi connectivity index (χ0n) is 13.4. The van der Waals surface area contributed by atoms with Gasteiger partial charge in [0, 0.05) is 0 Å². The molecule has 7 nitrogen and oxygen atoms in total. The van der Waals surface area contributed by atoms with Crippen LogP contribution in [0, 0.1) is 0 Å². The first-order chi connectivity index (χ1) is 12.0. The van der Waals surface area contributed by atoms with Crippen LogP contribution in [0.3, 0.4) is 0 Å². The first kappa shape index (κ1) is 18.6. The minimum absolute atomic E-state index is 0.00949. The summed E-state index contributed by atoms with van der Waals surface area (Å²) in [5.41, 5.74) is -1.67. The summed E-state index contributed by atoms with van der Waals surface area (Å²) in [5.74, 6) is -1.84. The molecule has 0 saturated carbocycles. The zero-order valence-corrected chi connectivity index (χ0v) is 15.0. The molecule has 0 bridgehead atoms. The smallest absolute Gasteiger partial charge is 0.237 e. The molecule has 138 valence electrons. The number of hydrogen-bond donors (Lipinski definition) is 0. The third-order valence-corrected chi connectivity index (χ3v) is 5.68. The van der Waals surface area contributed by atoms with Gasteiger partial charge in [0.25, 0.3) is 0 Å². The number of pyridine rings is 1.